The van der Waals surface area contributed by atoms with Crippen LogP contribution in [0, 0.1) is 16.0 Å². The van der Waals surface area contributed by atoms with Crippen LogP contribution in [0.4, 0.5) is 11.5 Å². The summed E-state index contributed by atoms with van der Waals surface area (Å²) in [4.78, 5) is 21.3. The van der Waals surface area contributed by atoms with E-state index in [9.17, 15) is 10.1 Å². The quantitative estimate of drug-likeness (QED) is 0.681. The van der Waals surface area contributed by atoms with Crippen molar-refractivity contribution in [1.29, 1.82) is 0 Å². The summed E-state index contributed by atoms with van der Waals surface area (Å²) in [5, 5.41) is 11.7. The molecule has 110 valence electrons. The first kappa shape index (κ1) is 13.7. The molecule has 0 atom stereocenters. The molecule has 0 aliphatic carbocycles. The Morgan fingerprint density at radius 2 is 2.10 bits per heavy atom. The van der Waals surface area contributed by atoms with E-state index in [1.165, 1.54) is 12.4 Å². The minimum Gasteiger partial charge on any atom is -0.356 e. The Balaban J connectivity index is 1.98. The van der Waals surface area contributed by atoms with Gasteiger partial charge >= 0.3 is 0 Å². The van der Waals surface area contributed by atoms with Crippen LogP contribution in [0.15, 0.2) is 24.5 Å². The van der Waals surface area contributed by atoms with Crippen molar-refractivity contribution in [3.05, 3.63) is 34.6 Å². The lowest BCUT2D eigenvalue weighted by atomic mass is 9.97. The van der Waals surface area contributed by atoms with Crippen LogP contribution in [-0.4, -0.2) is 34.5 Å². The van der Waals surface area contributed by atoms with Crippen molar-refractivity contribution in [2.75, 3.05) is 24.5 Å². The van der Waals surface area contributed by atoms with Gasteiger partial charge in [-0.2, -0.15) is 0 Å². The molecule has 1 saturated heterocycles. The second kappa shape index (κ2) is 5.61. The normalized spacial score (nSPS) is 16.3. The van der Waals surface area contributed by atoms with Crippen LogP contribution in [0.3, 0.4) is 0 Å². The van der Waals surface area contributed by atoms with E-state index in [2.05, 4.69) is 14.9 Å². The van der Waals surface area contributed by atoms with Gasteiger partial charge < -0.3 is 10.6 Å². The summed E-state index contributed by atoms with van der Waals surface area (Å²) < 4.78 is 0. The predicted octanol–water partition coefficient (Wildman–Crippen LogP) is 1.71. The van der Waals surface area contributed by atoms with E-state index in [-0.39, 0.29) is 5.69 Å². The van der Waals surface area contributed by atoms with E-state index < -0.39 is 4.92 Å². The Morgan fingerprint density at radius 3 is 2.76 bits per heavy atom. The molecule has 3 rings (SSSR count). The first-order valence-corrected chi connectivity index (χ1v) is 7.03. The number of hydrogen-bond acceptors (Lipinski definition) is 6. The van der Waals surface area contributed by atoms with E-state index in [1.54, 1.807) is 12.1 Å². The molecule has 7 heteroatoms. The van der Waals surface area contributed by atoms with Gasteiger partial charge in [-0.3, -0.25) is 10.1 Å². The van der Waals surface area contributed by atoms with E-state index >= 15 is 0 Å². The Hall–Kier alpha value is -2.28. The Morgan fingerprint density at radius 1 is 1.33 bits per heavy atom. The molecule has 0 amide bonds. The van der Waals surface area contributed by atoms with Gasteiger partial charge in [-0.15, -0.1) is 0 Å². The predicted molar refractivity (Wildman–Crippen MR) is 80.2 cm³/mol. The lowest BCUT2D eigenvalue weighted by molar-refractivity contribution is -0.384. The maximum atomic E-state index is 11.0. The third kappa shape index (κ3) is 2.64. The van der Waals surface area contributed by atoms with Crippen LogP contribution in [-0.2, 0) is 0 Å². The number of anilines is 1. The number of rotatable bonds is 3. The number of nitro benzene ring substituents is 1. The van der Waals surface area contributed by atoms with Crippen LogP contribution in [0.1, 0.15) is 12.8 Å². The van der Waals surface area contributed by atoms with Crippen molar-refractivity contribution in [2.45, 2.75) is 12.8 Å². The molecule has 1 fully saturated rings. The van der Waals surface area contributed by atoms with Crippen molar-refractivity contribution in [3.8, 4) is 0 Å². The number of aromatic nitrogens is 2. The van der Waals surface area contributed by atoms with E-state index in [1.807, 2.05) is 0 Å². The summed E-state index contributed by atoms with van der Waals surface area (Å²) in [5.41, 5.74) is 6.51. The van der Waals surface area contributed by atoms with E-state index in [0.717, 1.165) is 42.7 Å². The monoisotopic (exact) mass is 287 g/mol. The molecule has 21 heavy (non-hydrogen) atoms. The molecule has 0 saturated carbocycles. The molecule has 0 bridgehead atoms. The standard InChI is InChI=1S/C14H17N5O2/c15-8-10-3-5-18(6-4-10)14-12-7-11(19(20)21)1-2-13(12)16-9-17-14/h1-2,7,9-10H,3-6,8,15H2. The van der Waals surface area contributed by atoms with Gasteiger partial charge in [-0.1, -0.05) is 0 Å². The second-order valence-corrected chi connectivity index (χ2v) is 5.32. The fourth-order valence-electron chi connectivity index (χ4n) is 2.78. The van der Waals surface area contributed by atoms with Gasteiger partial charge in [0.05, 0.1) is 10.4 Å². The molecule has 0 radical (unpaired) electrons. The zero-order valence-electron chi connectivity index (χ0n) is 11.6. The SMILES string of the molecule is NCC1CCN(c2ncnc3ccc([N+](=O)[O-])cc23)CC1. The molecular formula is C14H17N5O2. The van der Waals surface area contributed by atoms with Crippen molar-refractivity contribution < 1.29 is 4.92 Å². The molecule has 0 unspecified atom stereocenters. The molecular weight excluding hydrogens is 270 g/mol. The van der Waals surface area contributed by atoms with Gasteiger partial charge in [0.25, 0.3) is 5.69 Å². The lowest BCUT2D eigenvalue weighted by Crippen LogP contribution is -2.36. The van der Waals surface area contributed by atoms with Gasteiger partial charge in [0.1, 0.15) is 12.1 Å². The molecule has 1 aromatic heterocycles. The van der Waals surface area contributed by atoms with Crippen molar-refractivity contribution in [2.24, 2.45) is 11.7 Å². The summed E-state index contributed by atoms with van der Waals surface area (Å²) in [5.74, 6) is 1.34. The Bertz CT molecular complexity index is 667. The number of piperidine rings is 1. The second-order valence-electron chi connectivity index (χ2n) is 5.32. The van der Waals surface area contributed by atoms with Crippen molar-refractivity contribution >= 4 is 22.4 Å². The van der Waals surface area contributed by atoms with E-state index in [0.29, 0.717) is 12.5 Å². The summed E-state index contributed by atoms with van der Waals surface area (Å²) in [7, 11) is 0. The number of nitro groups is 1. The highest BCUT2D eigenvalue weighted by molar-refractivity contribution is 5.91. The van der Waals surface area contributed by atoms with Crippen LogP contribution in [0.25, 0.3) is 10.9 Å². The molecule has 2 N–H and O–H groups in total. The molecule has 1 aliphatic rings. The number of benzene rings is 1. The Kier molecular flexibility index (Phi) is 3.66. The van der Waals surface area contributed by atoms with Gasteiger partial charge in [-0.05, 0) is 31.4 Å². The van der Waals surface area contributed by atoms with Gasteiger partial charge in [-0.25, -0.2) is 9.97 Å². The average Bonchev–Trinajstić information content (AvgIpc) is 2.54. The minimum absolute atomic E-state index is 0.0652. The lowest BCUT2D eigenvalue weighted by Gasteiger charge is -2.32. The molecule has 1 aliphatic heterocycles. The third-order valence-electron chi connectivity index (χ3n) is 4.06. The van der Waals surface area contributed by atoms with Crippen LogP contribution in [0.2, 0.25) is 0 Å². The number of non-ortho nitro benzene ring substituents is 1. The maximum absolute atomic E-state index is 11.0. The highest BCUT2D eigenvalue weighted by Crippen LogP contribution is 2.29. The molecule has 2 aromatic rings. The smallest absolute Gasteiger partial charge is 0.270 e. The third-order valence-corrected chi connectivity index (χ3v) is 4.06. The summed E-state index contributed by atoms with van der Waals surface area (Å²) >= 11 is 0. The molecule has 7 nitrogen and oxygen atoms in total. The zero-order chi connectivity index (χ0) is 14.8. The van der Waals surface area contributed by atoms with Gasteiger partial charge in [0.15, 0.2) is 0 Å². The summed E-state index contributed by atoms with van der Waals surface area (Å²) in [6.45, 7) is 2.46. The molecule has 0 spiro atoms. The van der Waals surface area contributed by atoms with Crippen molar-refractivity contribution in [1.82, 2.24) is 9.97 Å². The van der Waals surface area contributed by atoms with Crippen LogP contribution >= 0.6 is 0 Å². The number of hydrogen-bond donors (Lipinski definition) is 1. The first-order valence-electron chi connectivity index (χ1n) is 7.03. The maximum Gasteiger partial charge on any atom is 0.270 e. The zero-order valence-corrected chi connectivity index (χ0v) is 11.6. The highest BCUT2D eigenvalue weighted by Gasteiger charge is 2.21. The number of nitrogens with zero attached hydrogens (tertiary/aromatic N) is 4. The van der Waals surface area contributed by atoms with E-state index in [4.69, 9.17) is 5.73 Å². The topological polar surface area (TPSA) is 98.2 Å². The molecule has 2 heterocycles. The molecule has 1 aromatic carbocycles. The largest absolute Gasteiger partial charge is 0.356 e. The van der Waals surface area contributed by atoms with Gasteiger partial charge in [0, 0.05) is 30.6 Å². The summed E-state index contributed by atoms with van der Waals surface area (Å²) in [6, 6.07) is 4.70. The number of fused-ring (bicyclic) bond motifs is 1. The minimum atomic E-state index is -0.392. The average molecular weight is 287 g/mol. The Labute approximate surface area is 121 Å². The number of nitrogens with two attached hydrogens (primary N) is 1. The highest BCUT2D eigenvalue weighted by atomic mass is 16.6. The first-order chi connectivity index (χ1) is 10.2. The fourth-order valence-corrected chi connectivity index (χ4v) is 2.78. The van der Waals surface area contributed by atoms with Gasteiger partial charge in [0.2, 0.25) is 0 Å². The fraction of sp³-hybridized carbons (Fsp3) is 0.429. The van der Waals surface area contributed by atoms with Crippen LogP contribution < -0.4 is 10.6 Å². The van der Waals surface area contributed by atoms with Crippen molar-refractivity contribution in [3.63, 3.8) is 0 Å². The van der Waals surface area contributed by atoms with Crippen LogP contribution in [0.5, 0.6) is 0 Å². The summed E-state index contributed by atoms with van der Waals surface area (Å²) in [6.07, 6.45) is 3.56.